The smallest absolute Gasteiger partial charge is 0.314 e. The van der Waals surface area contributed by atoms with Gasteiger partial charge in [0.2, 0.25) is 0 Å². The molecule has 0 aromatic rings. The summed E-state index contributed by atoms with van der Waals surface area (Å²) in [7, 11) is -2.11. The first-order valence-electron chi connectivity index (χ1n) is 3.22. The first-order valence-corrected chi connectivity index (χ1v) is 6.80. The molecule has 0 saturated carbocycles. The zero-order valence-corrected chi connectivity index (χ0v) is 7.79. The molecule has 0 aliphatic rings. The molecule has 0 bridgehead atoms. The molecule has 11 heavy (non-hydrogen) atoms. The average Bonchev–Trinajstić information content (AvgIpc) is 1.54. The van der Waals surface area contributed by atoms with Crippen molar-refractivity contribution in [3.8, 4) is 0 Å². The molecule has 0 aromatic heterocycles. The van der Waals surface area contributed by atoms with Crippen molar-refractivity contribution in [2.24, 2.45) is 0 Å². The predicted molar refractivity (Wildman–Crippen MR) is 42.4 cm³/mol. The molecule has 5 heteroatoms. The Morgan fingerprint density at radius 1 is 1.09 bits per heavy atom. The van der Waals surface area contributed by atoms with E-state index in [9.17, 15) is 9.59 Å². The van der Waals surface area contributed by atoms with Crippen LogP contribution < -0.4 is 0 Å². The Balaban J connectivity index is 4.63. The number of hydrogen-bond donors (Lipinski definition) is 2. The molecule has 4 nitrogen and oxygen atoms in total. The Bertz CT molecular complexity index is 168. The summed E-state index contributed by atoms with van der Waals surface area (Å²) in [5.74, 6) is -2.45. The number of carboxylic acids is 2. The highest BCUT2D eigenvalue weighted by molar-refractivity contribution is 6.83. The van der Waals surface area contributed by atoms with Gasteiger partial charge in [0.15, 0.2) is 0 Å². The lowest BCUT2D eigenvalue weighted by atomic mass is 10.4. The molecule has 0 fully saturated rings. The summed E-state index contributed by atoms with van der Waals surface area (Å²) in [4.78, 5) is 20.9. The Labute approximate surface area is 65.9 Å². The fraction of sp³-hybridized carbons (Fsp3) is 0.667. The summed E-state index contributed by atoms with van der Waals surface area (Å²) in [5, 5.41) is 17.1. The maximum absolute atomic E-state index is 10.4. The van der Waals surface area contributed by atoms with E-state index >= 15 is 0 Å². The Morgan fingerprint density at radius 3 is 1.36 bits per heavy atom. The highest BCUT2D eigenvalue weighted by Crippen LogP contribution is 2.21. The molecule has 0 saturated heterocycles. The molecular weight excluding hydrogens is 164 g/mol. The van der Waals surface area contributed by atoms with Gasteiger partial charge in [-0.2, -0.15) is 0 Å². The van der Waals surface area contributed by atoms with E-state index in [1.54, 1.807) is 19.6 Å². The quantitative estimate of drug-likeness (QED) is 0.494. The monoisotopic (exact) mass is 176 g/mol. The van der Waals surface area contributed by atoms with E-state index in [-0.39, 0.29) is 0 Å². The highest BCUT2D eigenvalue weighted by Gasteiger charge is 2.39. The average molecular weight is 176 g/mol. The van der Waals surface area contributed by atoms with Crippen molar-refractivity contribution in [3.05, 3.63) is 0 Å². The van der Waals surface area contributed by atoms with E-state index in [1.165, 1.54) is 0 Å². The molecule has 0 aliphatic carbocycles. The van der Waals surface area contributed by atoms with Crippen molar-refractivity contribution in [2.75, 3.05) is 0 Å². The molecule has 2 N–H and O–H groups in total. The summed E-state index contributed by atoms with van der Waals surface area (Å²) >= 11 is 0. The van der Waals surface area contributed by atoms with E-state index in [0.29, 0.717) is 0 Å². The van der Waals surface area contributed by atoms with Crippen LogP contribution in [0.5, 0.6) is 0 Å². The van der Waals surface area contributed by atoms with Crippen LogP contribution in [0.4, 0.5) is 0 Å². The molecule has 0 rings (SSSR count). The minimum atomic E-state index is -2.11. The Kier molecular flexibility index (Phi) is 2.81. The van der Waals surface area contributed by atoms with Gasteiger partial charge in [0.25, 0.3) is 0 Å². The Hall–Kier alpha value is -0.843. The largest absolute Gasteiger partial charge is 0.481 e. The van der Waals surface area contributed by atoms with Gasteiger partial charge in [0, 0.05) is 0 Å². The third-order valence-electron chi connectivity index (χ3n) is 1.36. The van der Waals surface area contributed by atoms with Gasteiger partial charge in [-0.15, -0.1) is 0 Å². The summed E-state index contributed by atoms with van der Waals surface area (Å²) < 4.78 is 0. The third-order valence-corrected chi connectivity index (χ3v) is 3.59. The lowest BCUT2D eigenvalue weighted by Crippen LogP contribution is -2.38. The van der Waals surface area contributed by atoms with Crippen molar-refractivity contribution < 1.29 is 19.8 Å². The second-order valence-electron chi connectivity index (χ2n) is 3.48. The number of rotatable bonds is 3. The lowest BCUT2D eigenvalue weighted by Gasteiger charge is -2.20. The summed E-state index contributed by atoms with van der Waals surface area (Å²) in [6, 6.07) is 0. The van der Waals surface area contributed by atoms with E-state index in [0.717, 1.165) is 0 Å². The van der Waals surface area contributed by atoms with E-state index in [2.05, 4.69) is 0 Å². The van der Waals surface area contributed by atoms with Gasteiger partial charge in [0.1, 0.15) is 5.54 Å². The molecule has 0 unspecified atom stereocenters. The first-order chi connectivity index (χ1) is 4.76. The molecule has 64 valence electrons. The van der Waals surface area contributed by atoms with E-state index < -0.39 is 25.6 Å². The van der Waals surface area contributed by atoms with Crippen molar-refractivity contribution in [1.82, 2.24) is 0 Å². The van der Waals surface area contributed by atoms with E-state index in [4.69, 9.17) is 10.2 Å². The molecule has 0 radical (unpaired) electrons. The van der Waals surface area contributed by atoms with Crippen LogP contribution in [0.15, 0.2) is 0 Å². The molecule has 0 atom stereocenters. The second-order valence-corrected chi connectivity index (χ2v) is 8.78. The molecule has 0 heterocycles. The summed E-state index contributed by atoms with van der Waals surface area (Å²) in [5.41, 5.74) is -1.19. The Morgan fingerprint density at radius 2 is 1.36 bits per heavy atom. The number of carbonyl (C=O) groups is 2. The van der Waals surface area contributed by atoms with Crippen molar-refractivity contribution in [2.45, 2.75) is 25.2 Å². The summed E-state index contributed by atoms with van der Waals surface area (Å²) in [6.45, 7) is 5.17. The van der Waals surface area contributed by atoms with Crippen molar-refractivity contribution in [1.29, 1.82) is 0 Å². The van der Waals surface area contributed by atoms with Crippen LogP contribution in [-0.2, 0) is 9.59 Å². The maximum Gasteiger partial charge on any atom is 0.314 e. The van der Waals surface area contributed by atoms with Gasteiger partial charge in [0.05, 0.1) is 8.07 Å². The van der Waals surface area contributed by atoms with Crippen LogP contribution in [0.1, 0.15) is 0 Å². The number of hydrogen-bond acceptors (Lipinski definition) is 2. The van der Waals surface area contributed by atoms with Gasteiger partial charge in [-0.1, -0.05) is 19.6 Å². The van der Waals surface area contributed by atoms with Crippen LogP contribution in [0.2, 0.25) is 25.2 Å². The third kappa shape index (κ3) is 2.71. The van der Waals surface area contributed by atoms with Crippen molar-refractivity contribution in [3.63, 3.8) is 0 Å². The zero-order chi connectivity index (χ0) is 9.23. The van der Waals surface area contributed by atoms with E-state index in [1.807, 2.05) is 0 Å². The SMILES string of the molecule is C[Si](C)(C)C(C(=O)O)C(=O)O. The highest BCUT2D eigenvalue weighted by atomic mass is 28.3. The number of carboxylic acid groups (broad SMARTS) is 2. The molecular formula is C6H12O4Si. The first kappa shape index (κ1) is 10.2. The van der Waals surface area contributed by atoms with Gasteiger partial charge in [-0.3, -0.25) is 9.59 Å². The lowest BCUT2D eigenvalue weighted by molar-refractivity contribution is -0.147. The standard InChI is InChI=1S/C6H12O4Si/c1-11(2,3)4(5(7)8)6(9)10/h4H,1-3H3,(H,7,8)(H,9,10). The maximum atomic E-state index is 10.4. The van der Waals surface area contributed by atoms with Crippen LogP contribution in [0, 0.1) is 0 Å². The summed E-state index contributed by atoms with van der Waals surface area (Å²) in [6.07, 6.45) is 0. The van der Waals surface area contributed by atoms with Crippen molar-refractivity contribution >= 4 is 20.0 Å². The zero-order valence-electron chi connectivity index (χ0n) is 6.79. The normalized spacial score (nSPS) is 11.6. The molecule has 0 aromatic carbocycles. The van der Waals surface area contributed by atoms with Crippen LogP contribution in [0.25, 0.3) is 0 Å². The molecule has 0 amide bonds. The topological polar surface area (TPSA) is 74.6 Å². The fourth-order valence-corrected chi connectivity index (χ4v) is 2.33. The fourth-order valence-electron chi connectivity index (χ4n) is 0.846. The minimum Gasteiger partial charge on any atom is -0.481 e. The predicted octanol–water partition coefficient (Wildman–Crippen LogP) is 0.864. The van der Waals surface area contributed by atoms with Crippen LogP contribution in [0.3, 0.4) is 0 Å². The van der Waals surface area contributed by atoms with Crippen LogP contribution in [-0.4, -0.2) is 30.2 Å². The molecule has 0 aliphatic heterocycles. The van der Waals surface area contributed by atoms with Crippen LogP contribution >= 0.6 is 0 Å². The van der Waals surface area contributed by atoms with Gasteiger partial charge < -0.3 is 10.2 Å². The second kappa shape index (κ2) is 3.04. The van der Waals surface area contributed by atoms with Gasteiger partial charge >= 0.3 is 11.9 Å². The minimum absolute atomic E-state index is 1.19. The van der Waals surface area contributed by atoms with Gasteiger partial charge in [-0.05, 0) is 0 Å². The van der Waals surface area contributed by atoms with Gasteiger partial charge in [-0.25, -0.2) is 0 Å². The number of aliphatic carboxylic acids is 2. The molecule has 0 spiro atoms.